The second-order valence-electron chi connectivity index (χ2n) is 5.56. The van der Waals surface area contributed by atoms with E-state index >= 15 is 0 Å². The Hall–Kier alpha value is -1.21. The Morgan fingerprint density at radius 3 is 2.11 bits per heavy atom. The average molecular weight is 286 g/mol. The molecule has 19 heavy (non-hydrogen) atoms. The van der Waals surface area contributed by atoms with Gasteiger partial charge < -0.3 is 5.32 Å². The minimum Gasteiger partial charge on any atom is -0.357 e. The minimum absolute atomic E-state index is 0.102. The lowest BCUT2D eigenvalue weighted by Crippen LogP contribution is -2.42. The molecule has 0 saturated heterocycles. The summed E-state index contributed by atoms with van der Waals surface area (Å²) in [5.74, 6) is 0.394. The molecule has 7 heteroatoms. The molecule has 108 valence electrons. The van der Waals surface area contributed by atoms with E-state index in [-0.39, 0.29) is 16.4 Å². The predicted octanol–water partition coefficient (Wildman–Crippen LogP) is 1.57. The van der Waals surface area contributed by atoms with Gasteiger partial charge in [-0.1, -0.05) is 20.8 Å². The second kappa shape index (κ2) is 5.42. The fourth-order valence-electron chi connectivity index (χ4n) is 1.50. The van der Waals surface area contributed by atoms with Crippen LogP contribution >= 0.6 is 0 Å². The maximum absolute atomic E-state index is 12.4. The van der Waals surface area contributed by atoms with Gasteiger partial charge in [0.1, 0.15) is 4.90 Å². The first-order chi connectivity index (χ1) is 8.60. The summed E-state index contributed by atoms with van der Waals surface area (Å²) < 4.78 is 26.3. The third-order valence-electron chi connectivity index (χ3n) is 3.33. The monoisotopic (exact) mass is 286 g/mol. The molecule has 0 aromatic carbocycles. The number of hydrogen-bond acceptors (Lipinski definition) is 5. The van der Waals surface area contributed by atoms with E-state index in [2.05, 4.69) is 15.3 Å². The summed E-state index contributed by atoms with van der Waals surface area (Å²) in [5, 5.41) is 2.75. The normalized spacial score (nSPS) is 14.5. The molecule has 1 N–H and O–H groups in total. The highest BCUT2D eigenvalue weighted by Gasteiger charge is 2.32. The van der Waals surface area contributed by atoms with Crippen LogP contribution < -0.4 is 5.32 Å². The van der Waals surface area contributed by atoms with Crippen molar-refractivity contribution >= 4 is 16.0 Å². The smallest absolute Gasteiger partial charge is 0.246 e. The number of aromatic nitrogens is 2. The number of nitrogens with one attached hydrogen (secondary N) is 1. The molecule has 1 rings (SSSR count). The van der Waals surface area contributed by atoms with Gasteiger partial charge in [-0.05, 0) is 12.3 Å². The lowest BCUT2D eigenvalue weighted by molar-refractivity contribution is 0.216. The predicted molar refractivity (Wildman–Crippen MR) is 75.4 cm³/mol. The van der Waals surface area contributed by atoms with Gasteiger partial charge in [-0.25, -0.2) is 18.4 Å². The number of anilines is 1. The molecule has 0 aliphatic rings. The summed E-state index contributed by atoms with van der Waals surface area (Å²) >= 11 is 0. The van der Waals surface area contributed by atoms with Crippen LogP contribution in [0.1, 0.15) is 27.7 Å². The van der Waals surface area contributed by atoms with E-state index in [0.29, 0.717) is 5.95 Å². The van der Waals surface area contributed by atoms with Crippen LogP contribution in [0.3, 0.4) is 0 Å². The topological polar surface area (TPSA) is 75.2 Å². The van der Waals surface area contributed by atoms with Crippen molar-refractivity contribution in [3.63, 3.8) is 0 Å². The Kier molecular flexibility index (Phi) is 4.52. The largest absolute Gasteiger partial charge is 0.357 e. The molecule has 1 unspecified atom stereocenters. The van der Waals surface area contributed by atoms with Crippen LogP contribution in [0.2, 0.25) is 0 Å². The Bertz CT molecular complexity index is 520. The molecule has 1 heterocycles. The molecule has 0 aliphatic carbocycles. The summed E-state index contributed by atoms with van der Waals surface area (Å²) in [5.41, 5.74) is -0.145. The van der Waals surface area contributed by atoms with Crippen molar-refractivity contribution in [3.8, 4) is 0 Å². The average Bonchev–Trinajstić information content (AvgIpc) is 2.35. The van der Waals surface area contributed by atoms with Crippen molar-refractivity contribution in [3.05, 3.63) is 12.4 Å². The van der Waals surface area contributed by atoms with Crippen LogP contribution in [0, 0.1) is 5.41 Å². The van der Waals surface area contributed by atoms with Crippen molar-refractivity contribution in [1.29, 1.82) is 0 Å². The van der Waals surface area contributed by atoms with Gasteiger partial charge >= 0.3 is 0 Å². The van der Waals surface area contributed by atoms with E-state index in [1.165, 1.54) is 16.7 Å². The van der Waals surface area contributed by atoms with Gasteiger partial charge in [0.05, 0.1) is 12.4 Å². The summed E-state index contributed by atoms with van der Waals surface area (Å²) in [7, 11) is -0.307. The Morgan fingerprint density at radius 2 is 1.74 bits per heavy atom. The lowest BCUT2D eigenvalue weighted by atomic mass is 9.88. The van der Waals surface area contributed by atoms with Crippen molar-refractivity contribution in [2.45, 2.75) is 38.6 Å². The van der Waals surface area contributed by atoms with Crippen molar-refractivity contribution in [2.24, 2.45) is 5.41 Å². The van der Waals surface area contributed by atoms with Gasteiger partial charge in [0.25, 0.3) is 0 Å². The lowest BCUT2D eigenvalue weighted by Gasteiger charge is -2.34. The Balaban J connectivity index is 3.09. The van der Waals surface area contributed by atoms with Crippen molar-refractivity contribution < 1.29 is 8.42 Å². The molecule has 6 nitrogen and oxygen atoms in total. The highest BCUT2D eigenvalue weighted by atomic mass is 32.2. The van der Waals surface area contributed by atoms with Crippen molar-refractivity contribution in [1.82, 2.24) is 14.3 Å². The van der Waals surface area contributed by atoms with Gasteiger partial charge in [0.15, 0.2) is 0 Å². The molecule has 1 atom stereocenters. The van der Waals surface area contributed by atoms with E-state index in [9.17, 15) is 8.42 Å². The molecule has 0 amide bonds. The summed E-state index contributed by atoms with van der Waals surface area (Å²) in [6.45, 7) is 7.90. The van der Waals surface area contributed by atoms with Gasteiger partial charge in [-0.15, -0.1) is 0 Å². The SMILES string of the molecule is CNc1ncc(S(=O)(=O)N(C)C(C)C(C)(C)C)cn1. The molecule has 0 aliphatic heterocycles. The first-order valence-electron chi connectivity index (χ1n) is 6.08. The van der Waals surface area contributed by atoms with Crippen molar-refractivity contribution in [2.75, 3.05) is 19.4 Å². The number of sulfonamides is 1. The molecular weight excluding hydrogens is 264 g/mol. The van der Waals surface area contributed by atoms with Gasteiger partial charge in [0.2, 0.25) is 16.0 Å². The second-order valence-corrected chi connectivity index (χ2v) is 7.55. The molecule has 0 saturated carbocycles. The molecule has 1 aromatic rings. The zero-order valence-corrected chi connectivity index (χ0v) is 13.1. The first-order valence-corrected chi connectivity index (χ1v) is 7.52. The van der Waals surface area contributed by atoms with E-state index in [4.69, 9.17) is 0 Å². The van der Waals surface area contributed by atoms with Gasteiger partial charge in [-0.3, -0.25) is 0 Å². The van der Waals surface area contributed by atoms with Crippen LogP contribution in [0.15, 0.2) is 17.3 Å². The molecule has 0 radical (unpaired) electrons. The first kappa shape index (κ1) is 15.8. The Morgan fingerprint density at radius 1 is 1.26 bits per heavy atom. The zero-order chi connectivity index (χ0) is 14.8. The quantitative estimate of drug-likeness (QED) is 0.909. The van der Waals surface area contributed by atoms with E-state index in [1.807, 2.05) is 27.7 Å². The van der Waals surface area contributed by atoms with Crippen LogP contribution in [0.5, 0.6) is 0 Å². The maximum Gasteiger partial charge on any atom is 0.246 e. The molecule has 1 aromatic heterocycles. The zero-order valence-electron chi connectivity index (χ0n) is 12.3. The molecule has 0 fully saturated rings. The van der Waals surface area contributed by atoms with Gasteiger partial charge in [0, 0.05) is 20.1 Å². The molecule has 0 spiro atoms. The van der Waals surface area contributed by atoms with Gasteiger partial charge in [-0.2, -0.15) is 4.31 Å². The van der Waals surface area contributed by atoms with Crippen LogP contribution in [-0.4, -0.2) is 42.8 Å². The van der Waals surface area contributed by atoms with Crippen LogP contribution in [0.4, 0.5) is 5.95 Å². The van der Waals surface area contributed by atoms with Crippen LogP contribution in [0.25, 0.3) is 0 Å². The third-order valence-corrected chi connectivity index (χ3v) is 5.21. The highest BCUT2D eigenvalue weighted by Crippen LogP contribution is 2.27. The Labute approximate surface area is 115 Å². The number of rotatable bonds is 4. The summed E-state index contributed by atoms with van der Waals surface area (Å²) in [6, 6.07) is -0.138. The van der Waals surface area contributed by atoms with E-state index in [0.717, 1.165) is 0 Å². The van der Waals surface area contributed by atoms with E-state index < -0.39 is 10.0 Å². The fraction of sp³-hybridized carbons (Fsp3) is 0.667. The third kappa shape index (κ3) is 3.42. The van der Waals surface area contributed by atoms with E-state index in [1.54, 1.807) is 14.1 Å². The number of hydrogen-bond donors (Lipinski definition) is 1. The molecular formula is C12H22N4O2S. The maximum atomic E-state index is 12.4. The fourth-order valence-corrected chi connectivity index (χ4v) is 2.94. The molecule has 0 bridgehead atoms. The standard InChI is InChI=1S/C12H22N4O2S/c1-9(12(2,3)4)16(6)19(17,18)10-7-14-11(13-5)15-8-10/h7-9H,1-6H3,(H,13,14,15). The minimum atomic E-state index is -3.57. The highest BCUT2D eigenvalue weighted by molar-refractivity contribution is 7.89. The summed E-state index contributed by atoms with van der Waals surface area (Å²) in [4.78, 5) is 7.98. The summed E-state index contributed by atoms with van der Waals surface area (Å²) in [6.07, 6.45) is 2.64. The number of nitrogens with zero attached hydrogens (tertiary/aromatic N) is 3. The van der Waals surface area contributed by atoms with Crippen LogP contribution in [-0.2, 0) is 10.0 Å².